The molecule has 134 valence electrons. The van der Waals surface area contributed by atoms with Crippen molar-refractivity contribution in [3.8, 4) is 0 Å². The van der Waals surface area contributed by atoms with Crippen LogP contribution in [0.15, 0.2) is 4.99 Å². The van der Waals surface area contributed by atoms with Crippen molar-refractivity contribution in [3.63, 3.8) is 0 Å². The molecular formula is C13H23F3N4O2S. The minimum absolute atomic E-state index is 0.0973. The molecule has 0 aromatic carbocycles. The van der Waals surface area contributed by atoms with Crippen LogP contribution in [0.5, 0.6) is 0 Å². The lowest BCUT2D eigenvalue weighted by molar-refractivity contribution is -0.0496. The number of piperidine rings is 1. The molecule has 10 heteroatoms. The van der Waals surface area contributed by atoms with Crippen molar-refractivity contribution in [1.29, 1.82) is 0 Å². The van der Waals surface area contributed by atoms with Gasteiger partial charge in [-0.15, -0.1) is 0 Å². The molecule has 0 aromatic rings. The van der Waals surface area contributed by atoms with Crippen LogP contribution in [0.25, 0.3) is 0 Å². The molecule has 2 rings (SSSR count). The average molecular weight is 356 g/mol. The molecule has 0 aromatic heterocycles. The molecule has 0 radical (unpaired) electrons. The van der Waals surface area contributed by atoms with Crippen LogP contribution in [0, 0.1) is 11.8 Å². The predicted octanol–water partition coefficient (Wildman–Crippen LogP) is 1.12. The summed E-state index contributed by atoms with van der Waals surface area (Å²) >= 11 is 0. The molecule has 0 amide bonds. The third-order valence-corrected chi connectivity index (χ3v) is 6.05. The molecule has 1 heterocycles. The highest BCUT2D eigenvalue weighted by molar-refractivity contribution is 7.90. The third kappa shape index (κ3) is 4.50. The number of aliphatic imine (C=N–C) groups is 1. The van der Waals surface area contributed by atoms with Crippen molar-refractivity contribution < 1.29 is 21.6 Å². The largest absolute Gasteiger partial charge is 0.511 e. The maximum Gasteiger partial charge on any atom is 0.511 e. The second kappa shape index (κ2) is 6.84. The van der Waals surface area contributed by atoms with Gasteiger partial charge in [-0.25, -0.2) is 8.42 Å². The van der Waals surface area contributed by atoms with E-state index in [1.54, 1.807) is 7.05 Å². The van der Waals surface area contributed by atoms with Crippen LogP contribution in [0.1, 0.15) is 26.2 Å². The molecule has 2 atom stereocenters. The van der Waals surface area contributed by atoms with Crippen LogP contribution >= 0.6 is 0 Å². The molecule has 0 spiro atoms. The number of rotatable bonds is 4. The summed E-state index contributed by atoms with van der Waals surface area (Å²) in [7, 11) is -3.53. The number of halogens is 3. The van der Waals surface area contributed by atoms with Crippen LogP contribution in [-0.4, -0.2) is 56.9 Å². The molecule has 2 aliphatic rings. The lowest BCUT2D eigenvalue weighted by Crippen LogP contribution is -2.47. The van der Waals surface area contributed by atoms with Gasteiger partial charge in [0.25, 0.3) is 0 Å². The van der Waals surface area contributed by atoms with Gasteiger partial charge in [0.05, 0.1) is 0 Å². The molecule has 1 saturated carbocycles. The van der Waals surface area contributed by atoms with E-state index in [2.05, 4.69) is 22.5 Å². The Morgan fingerprint density at radius 3 is 2.30 bits per heavy atom. The zero-order valence-electron chi connectivity index (χ0n) is 13.2. The monoisotopic (exact) mass is 356 g/mol. The summed E-state index contributed by atoms with van der Waals surface area (Å²) in [6.45, 7) is 2.52. The summed E-state index contributed by atoms with van der Waals surface area (Å²) in [6.07, 6.45) is 1.91. The topological polar surface area (TPSA) is 73.8 Å². The summed E-state index contributed by atoms with van der Waals surface area (Å²) in [5, 5.41) is 6.43. The number of nitrogens with zero attached hydrogens (tertiary/aromatic N) is 2. The van der Waals surface area contributed by atoms with E-state index < -0.39 is 15.5 Å². The van der Waals surface area contributed by atoms with Crippen molar-refractivity contribution in [2.24, 2.45) is 16.8 Å². The number of hydrogen-bond acceptors (Lipinski definition) is 3. The summed E-state index contributed by atoms with van der Waals surface area (Å²) in [4.78, 5) is 4.11. The average Bonchev–Trinajstić information content (AvgIpc) is 3.18. The fraction of sp³-hybridized carbons (Fsp3) is 0.923. The Kier molecular flexibility index (Phi) is 5.44. The fourth-order valence-corrected chi connectivity index (χ4v) is 3.62. The van der Waals surface area contributed by atoms with E-state index in [0.717, 1.165) is 6.42 Å². The van der Waals surface area contributed by atoms with Crippen molar-refractivity contribution in [1.82, 2.24) is 14.9 Å². The maximum absolute atomic E-state index is 12.5. The number of hydrogen-bond donors (Lipinski definition) is 2. The van der Waals surface area contributed by atoms with Gasteiger partial charge >= 0.3 is 15.5 Å². The number of sulfonamides is 1. The van der Waals surface area contributed by atoms with E-state index in [1.807, 2.05) is 0 Å². The molecule has 2 fully saturated rings. The molecule has 23 heavy (non-hydrogen) atoms. The first kappa shape index (κ1) is 18.3. The van der Waals surface area contributed by atoms with Gasteiger partial charge in [-0.3, -0.25) is 4.99 Å². The van der Waals surface area contributed by atoms with Gasteiger partial charge in [0.15, 0.2) is 5.96 Å². The molecule has 2 N–H and O–H groups in total. The maximum atomic E-state index is 12.5. The SMILES string of the molecule is CN=C(NCC1CCN(S(=O)(=O)C(F)(F)F)CC1)NC1CC1C. The minimum Gasteiger partial charge on any atom is -0.356 e. The molecule has 1 saturated heterocycles. The van der Waals surface area contributed by atoms with Crippen LogP contribution in [0.3, 0.4) is 0 Å². The molecule has 1 aliphatic heterocycles. The second-order valence-corrected chi connectivity index (χ2v) is 8.14. The van der Waals surface area contributed by atoms with E-state index in [0.29, 0.717) is 41.6 Å². The van der Waals surface area contributed by atoms with Crippen LogP contribution in [0.2, 0.25) is 0 Å². The van der Waals surface area contributed by atoms with Crippen LogP contribution < -0.4 is 10.6 Å². The highest BCUT2D eigenvalue weighted by Crippen LogP contribution is 2.30. The predicted molar refractivity (Wildman–Crippen MR) is 81.3 cm³/mol. The summed E-state index contributed by atoms with van der Waals surface area (Å²) in [5.41, 5.74) is -5.22. The lowest BCUT2D eigenvalue weighted by atomic mass is 9.98. The molecule has 1 aliphatic carbocycles. The number of nitrogens with one attached hydrogen (secondary N) is 2. The van der Waals surface area contributed by atoms with Gasteiger partial charge in [0.1, 0.15) is 0 Å². The highest BCUT2D eigenvalue weighted by atomic mass is 32.2. The molecule has 0 bridgehead atoms. The van der Waals surface area contributed by atoms with Gasteiger partial charge in [0, 0.05) is 32.7 Å². The Balaban J connectivity index is 1.76. The minimum atomic E-state index is -5.22. The lowest BCUT2D eigenvalue weighted by Gasteiger charge is -2.31. The van der Waals surface area contributed by atoms with Gasteiger partial charge in [-0.2, -0.15) is 17.5 Å². The second-order valence-electron chi connectivity index (χ2n) is 6.21. The van der Waals surface area contributed by atoms with Gasteiger partial charge in [-0.05, 0) is 31.1 Å². The first-order valence-corrected chi connectivity index (χ1v) is 9.12. The van der Waals surface area contributed by atoms with E-state index in [9.17, 15) is 21.6 Å². The Hall–Kier alpha value is -1.03. The van der Waals surface area contributed by atoms with Crippen LogP contribution in [0.4, 0.5) is 13.2 Å². The smallest absolute Gasteiger partial charge is 0.356 e. The van der Waals surface area contributed by atoms with E-state index in [-0.39, 0.29) is 19.0 Å². The van der Waals surface area contributed by atoms with Gasteiger partial charge in [0.2, 0.25) is 0 Å². The van der Waals surface area contributed by atoms with Crippen LogP contribution in [-0.2, 0) is 10.0 Å². The summed E-state index contributed by atoms with van der Waals surface area (Å²) < 4.78 is 60.7. The quantitative estimate of drug-likeness (QED) is 0.585. The summed E-state index contributed by atoms with van der Waals surface area (Å²) in [6, 6.07) is 0.431. The fourth-order valence-electron chi connectivity index (χ4n) is 2.63. The zero-order chi connectivity index (χ0) is 17.3. The third-order valence-electron chi connectivity index (χ3n) is 4.42. The molecule has 2 unspecified atom stereocenters. The van der Waals surface area contributed by atoms with E-state index >= 15 is 0 Å². The Labute approximate surface area is 134 Å². The standard InChI is InChI=1S/C13H23F3N4O2S/c1-9-7-11(9)19-12(17-2)18-8-10-3-5-20(6-4-10)23(21,22)13(14,15)16/h9-11H,3-8H2,1-2H3,(H2,17,18,19). The first-order chi connectivity index (χ1) is 10.6. The van der Waals surface area contributed by atoms with Gasteiger partial charge < -0.3 is 10.6 Å². The van der Waals surface area contributed by atoms with E-state index in [4.69, 9.17) is 0 Å². The molecule has 6 nitrogen and oxygen atoms in total. The highest BCUT2D eigenvalue weighted by Gasteiger charge is 2.50. The zero-order valence-corrected chi connectivity index (χ0v) is 14.0. The Morgan fingerprint density at radius 2 is 1.87 bits per heavy atom. The van der Waals surface area contributed by atoms with Crippen molar-refractivity contribution in [2.75, 3.05) is 26.7 Å². The Morgan fingerprint density at radius 1 is 1.30 bits per heavy atom. The number of guanidine groups is 1. The van der Waals surface area contributed by atoms with Crippen molar-refractivity contribution >= 4 is 16.0 Å². The van der Waals surface area contributed by atoms with Crippen molar-refractivity contribution in [2.45, 2.75) is 37.7 Å². The summed E-state index contributed by atoms with van der Waals surface area (Å²) in [5.74, 6) is 1.44. The Bertz CT molecular complexity index is 542. The normalized spacial score (nSPS) is 27.8. The first-order valence-electron chi connectivity index (χ1n) is 7.68. The van der Waals surface area contributed by atoms with Gasteiger partial charge in [-0.1, -0.05) is 6.92 Å². The molecular weight excluding hydrogens is 333 g/mol. The van der Waals surface area contributed by atoms with E-state index in [1.165, 1.54) is 0 Å². The number of alkyl halides is 3. The van der Waals surface area contributed by atoms with Crippen molar-refractivity contribution in [3.05, 3.63) is 0 Å².